The average Bonchev–Trinajstić information content (AvgIpc) is 2.53. The van der Waals surface area contributed by atoms with Crippen molar-refractivity contribution in [3.05, 3.63) is 65.2 Å². The number of rotatable bonds is 5. The second kappa shape index (κ2) is 7.45. The smallest absolute Gasteiger partial charge is 0.372 e. The summed E-state index contributed by atoms with van der Waals surface area (Å²) in [5.41, 5.74) is 1.51. The molecule has 0 saturated heterocycles. The van der Waals surface area contributed by atoms with Gasteiger partial charge in [-0.25, -0.2) is 4.79 Å². The highest BCUT2D eigenvalue weighted by Crippen LogP contribution is 2.15. The van der Waals surface area contributed by atoms with Crippen molar-refractivity contribution in [2.45, 2.75) is 6.92 Å². The Bertz CT molecular complexity index is 624. The molecular weight excluding hydrogens is 290 g/mol. The van der Waals surface area contributed by atoms with E-state index >= 15 is 0 Å². The SMILES string of the molecule is C/C(=N/OC(=O)COc1ccc(Cl)cc1)c1ccccc1. The first-order chi connectivity index (χ1) is 10.1. The molecule has 0 atom stereocenters. The maximum Gasteiger partial charge on any atom is 0.372 e. The van der Waals surface area contributed by atoms with E-state index in [1.807, 2.05) is 30.3 Å². The number of carbonyl (C=O) groups excluding carboxylic acids is 1. The van der Waals surface area contributed by atoms with Gasteiger partial charge in [-0.3, -0.25) is 0 Å². The van der Waals surface area contributed by atoms with Crippen molar-refractivity contribution in [1.82, 2.24) is 0 Å². The van der Waals surface area contributed by atoms with Crippen molar-refractivity contribution in [3.8, 4) is 5.75 Å². The van der Waals surface area contributed by atoms with Crippen LogP contribution in [0.4, 0.5) is 0 Å². The Labute approximate surface area is 127 Å². The third kappa shape index (κ3) is 4.93. The number of carbonyl (C=O) groups is 1. The van der Waals surface area contributed by atoms with Gasteiger partial charge in [0.25, 0.3) is 0 Å². The van der Waals surface area contributed by atoms with Gasteiger partial charge in [0.05, 0.1) is 5.71 Å². The number of hydrogen-bond acceptors (Lipinski definition) is 4. The molecule has 0 spiro atoms. The van der Waals surface area contributed by atoms with Crippen molar-refractivity contribution < 1.29 is 14.4 Å². The molecule has 4 nitrogen and oxygen atoms in total. The molecule has 2 aromatic carbocycles. The monoisotopic (exact) mass is 303 g/mol. The first kappa shape index (κ1) is 15.1. The van der Waals surface area contributed by atoms with Crippen molar-refractivity contribution in [2.24, 2.45) is 5.16 Å². The quantitative estimate of drug-likeness (QED) is 0.481. The highest BCUT2D eigenvalue weighted by molar-refractivity contribution is 6.30. The van der Waals surface area contributed by atoms with Gasteiger partial charge in [0.1, 0.15) is 5.75 Å². The van der Waals surface area contributed by atoms with E-state index in [-0.39, 0.29) is 6.61 Å². The molecule has 21 heavy (non-hydrogen) atoms. The fourth-order valence-electron chi connectivity index (χ4n) is 1.55. The maximum atomic E-state index is 11.5. The third-order valence-electron chi connectivity index (χ3n) is 2.65. The summed E-state index contributed by atoms with van der Waals surface area (Å²) in [4.78, 5) is 16.3. The number of hydrogen-bond donors (Lipinski definition) is 0. The molecule has 0 amide bonds. The molecule has 0 aliphatic heterocycles. The average molecular weight is 304 g/mol. The molecule has 0 aliphatic rings. The lowest BCUT2D eigenvalue weighted by molar-refractivity contribution is -0.146. The van der Waals surface area contributed by atoms with Crippen LogP contribution >= 0.6 is 11.6 Å². The molecule has 0 heterocycles. The van der Waals surface area contributed by atoms with Crippen LogP contribution in [0, 0.1) is 0 Å². The van der Waals surface area contributed by atoms with E-state index in [1.165, 1.54) is 0 Å². The van der Waals surface area contributed by atoms with E-state index in [1.54, 1.807) is 31.2 Å². The fourth-order valence-corrected chi connectivity index (χ4v) is 1.68. The van der Waals surface area contributed by atoms with Gasteiger partial charge in [0.15, 0.2) is 6.61 Å². The molecule has 0 saturated carbocycles. The molecule has 0 N–H and O–H groups in total. The van der Waals surface area contributed by atoms with E-state index in [0.717, 1.165) is 5.56 Å². The summed E-state index contributed by atoms with van der Waals surface area (Å²) in [6, 6.07) is 16.2. The first-order valence-electron chi connectivity index (χ1n) is 6.33. The largest absolute Gasteiger partial charge is 0.482 e. The Hall–Kier alpha value is -2.33. The predicted octanol–water partition coefficient (Wildman–Crippen LogP) is 3.69. The number of benzene rings is 2. The van der Waals surface area contributed by atoms with Crippen LogP contribution in [-0.2, 0) is 9.63 Å². The molecule has 2 aromatic rings. The second-order valence-electron chi connectivity index (χ2n) is 4.25. The summed E-state index contributed by atoms with van der Waals surface area (Å²) < 4.78 is 5.26. The van der Waals surface area contributed by atoms with Crippen molar-refractivity contribution in [2.75, 3.05) is 6.61 Å². The van der Waals surface area contributed by atoms with Crippen LogP contribution in [0.15, 0.2) is 59.8 Å². The van der Waals surface area contributed by atoms with Gasteiger partial charge in [0, 0.05) is 5.02 Å². The molecule has 108 valence electrons. The molecular formula is C16H14ClNO3. The Morgan fingerprint density at radius 3 is 2.43 bits per heavy atom. The second-order valence-corrected chi connectivity index (χ2v) is 4.69. The zero-order valence-corrected chi connectivity index (χ0v) is 12.2. The molecule has 5 heteroatoms. The molecule has 0 bridgehead atoms. The van der Waals surface area contributed by atoms with Crippen molar-refractivity contribution in [1.29, 1.82) is 0 Å². The molecule has 0 aromatic heterocycles. The highest BCUT2D eigenvalue weighted by atomic mass is 35.5. The number of oxime groups is 1. The van der Waals surface area contributed by atoms with Gasteiger partial charge in [-0.1, -0.05) is 47.1 Å². The number of halogens is 1. The van der Waals surface area contributed by atoms with E-state index in [9.17, 15) is 4.79 Å². The molecule has 0 radical (unpaired) electrons. The van der Waals surface area contributed by atoms with Crippen molar-refractivity contribution >= 4 is 23.3 Å². The van der Waals surface area contributed by atoms with Gasteiger partial charge in [-0.15, -0.1) is 0 Å². The summed E-state index contributed by atoms with van der Waals surface area (Å²) >= 11 is 5.75. The number of ether oxygens (including phenoxy) is 1. The van der Waals surface area contributed by atoms with Crippen LogP contribution in [0.1, 0.15) is 12.5 Å². The van der Waals surface area contributed by atoms with Crippen LogP contribution in [0.2, 0.25) is 5.02 Å². The summed E-state index contributed by atoms with van der Waals surface area (Å²) in [7, 11) is 0. The van der Waals surface area contributed by atoms with E-state index < -0.39 is 5.97 Å². The normalized spacial score (nSPS) is 11.0. The van der Waals surface area contributed by atoms with E-state index in [2.05, 4.69) is 5.16 Å². The Balaban J connectivity index is 1.83. The van der Waals surface area contributed by atoms with E-state index in [0.29, 0.717) is 16.5 Å². The van der Waals surface area contributed by atoms with Gasteiger partial charge < -0.3 is 9.57 Å². The minimum Gasteiger partial charge on any atom is -0.482 e. The Morgan fingerprint density at radius 1 is 1.10 bits per heavy atom. The van der Waals surface area contributed by atoms with Crippen LogP contribution in [0.5, 0.6) is 5.75 Å². The molecule has 0 fully saturated rings. The standard InChI is InChI=1S/C16H14ClNO3/c1-12(13-5-3-2-4-6-13)18-21-16(19)11-20-15-9-7-14(17)8-10-15/h2-10H,11H2,1H3/b18-12-. The summed E-state index contributed by atoms with van der Waals surface area (Å²) in [6.07, 6.45) is 0. The topological polar surface area (TPSA) is 47.9 Å². The minimum absolute atomic E-state index is 0.215. The summed E-state index contributed by atoms with van der Waals surface area (Å²) in [5, 5.41) is 4.39. The third-order valence-corrected chi connectivity index (χ3v) is 2.90. The molecule has 0 aliphatic carbocycles. The lowest BCUT2D eigenvalue weighted by atomic mass is 10.1. The maximum absolute atomic E-state index is 11.5. The predicted molar refractivity (Wildman–Crippen MR) is 81.7 cm³/mol. The minimum atomic E-state index is -0.569. The number of nitrogens with zero attached hydrogens (tertiary/aromatic N) is 1. The summed E-state index contributed by atoms with van der Waals surface area (Å²) in [5.74, 6) is -0.0275. The highest BCUT2D eigenvalue weighted by Gasteiger charge is 2.05. The van der Waals surface area contributed by atoms with Gasteiger partial charge >= 0.3 is 5.97 Å². The van der Waals surface area contributed by atoms with Gasteiger partial charge in [0.2, 0.25) is 0 Å². The van der Waals surface area contributed by atoms with E-state index in [4.69, 9.17) is 21.2 Å². The van der Waals surface area contributed by atoms with Crippen LogP contribution in [0.25, 0.3) is 0 Å². The van der Waals surface area contributed by atoms with Crippen LogP contribution < -0.4 is 4.74 Å². The fraction of sp³-hybridized carbons (Fsp3) is 0.125. The zero-order chi connectivity index (χ0) is 15.1. The lowest BCUT2D eigenvalue weighted by Gasteiger charge is -2.04. The van der Waals surface area contributed by atoms with Gasteiger partial charge in [-0.2, -0.15) is 0 Å². The zero-order valence-electron chi connectivity index (χ0n) is 11.5. The Kier molecular flexibility index (Phi) is 5.35. The van der Waals surface area contributed by atoms with Crippen LogP contribution in [-0.4, -0.2) is 18.3 Å². The van der Waals surface area contributed by atoms with Crippen molar-refractivity contribution in [3.63, 3.8) is 0 Å². The summed E-state index contributed by atoms with van der Waals surface area (Å²) in [6.45, 7) is 1.55. The first-order valence-corrected chi connectivity index (χ1v) is 6.71. The molecule has 2 rings (SSSR count). The van der Waals surface area contributed by atoms with Crippen LogP contribution in [0.3, 0.4) is 0 Å². The van der Waals surface area contributed by atoms with Gasteiger partial charge in [-0.05, 0) is 36.8 Å². The lowest BCUT2D eigenvalue weighted by Crippen LogP contribution is -2.13. The molecule has 0 unspecified atom stereocenters. The Morgan fingerprint density at radius 2 is 1.76 bits per heavy atom.